The molecule has 6 nitrogen and oxygen atoms in total. The highest BCUT2D eigenvalue weighted by molar-refractivity contribution is 7.16. The first-order valence-electron chi connectivity index (χ1n) is 9.27. The number of carbonyl (C=O) groups is 2. The zero-order valence-electron chi connectivity index (χ0n) is 16.0. The van der Waals surface area contributed by atoms with Gasteiger partial charge in [-0.1, -0.05) is 12.1 Å². The maximum Gasteiger partial charge on any atom is 0.341 e. The van der Waals surface area contributed by atoms with Gasteiger partial charge in [0.1, 0.15) is 10.8 Å². The molecule has 0 spiro atoms. The number of hydrogen-bond donors (Lipinski definition) is 1. The van der Waals surface area contributed by atoms with Crippen LogP contribution in [-0.4, -0.2) is 56.1 Å². The van der Waals surface area contributed by atoms with Gasteiger partial charge in [0, 0.05) is 31.1 Å². The lowest BCUT2D eigenvalue weighted by atomic mass is 10.2. The number of esters is 1. The summed E-state index contributed by atoms with van der Waals surface area (Å²) in [6.45, 7) is 6.77. The van der Waals surface area contributed by atoms with Gasteiger partial charge in [-0.15, -0.1) is 11.3 Å². The molecule has 1 aromatic carbocycles. The van der Waals surface area contributed by atoms with Crippen molar-refractivity contribution in [3.63, 3.8) is 0 Å². The van der Waals surface area contributed by atoms with Crippen molar-refractivity contribution in [2.24, 2.45) is 0 Å². The Labute approximate surface area is 167 Å². The molecule has 1 amide bonds. The van der Waals surface area contributed by atoms with E-state index in [0.29, 0.717) is 42.4 Å². The van der Waals surface area contributed by atoms with Crippen LogP contribution >= 0.6 is 11.3 Å². The van der Waals surface area contributed by atoms with E-state index < -0.39 is 5.97 Å². The Morgan fingerprint density at radius 2 is 1.93 bits per heavy atom. The van der Waals surface area contributed by atoms with Crippen molar-refractivity contribution in [1.29, 1.82) is 0 Å². The van der Waals surface area contributed by atoms with Crippen LogP contribution in [0.15, 0.2) is 30.3 Å². The summed E-state index contributed by atoms with van der Waals surface area (Å²) in [5, 5.41) is 3.35. The fraction of sp³-hybridized carbons (Fsp3) is 0.400. The normalized spacial score (nSPS) is 14.8. The predicted octanol–water partition coefficient (Wildman–Crippen LogP) is 3.13. The monoisotopic (exact) mass is 405 g/mol. The van der Waals surface area contributed by atoms with Crippen LogP contribution < -0.4 is 10.2 Å². The summed E-state index contributed by atoms with van der Waals surface area (Å²) in [5.41, 5.74) is 0.988. The Balaban J connectivity index is 1.54. The molecule has 0 atom stereocenters. The molecule has 1 aromatic heterocycles. The predicted molar refractivity (Wildman–Crippen MR) is 109 cm³/mol. The second kappa shape index (κ2) is 9.16. The van der Waals surface area contributed by atoms with E-state index in [1.54, 1.807) is 25.1 Å². The lowest BCUT2D eigenvalue weighted by molar-refractivity contribution is -0.117. The summed E-state index contributed by atoms with van der Waals surface area (Å²) < 4.78 is 19.0. The Morgan fingerprint density at radius 1 is 1.21 bits per heavy atom. The minimum absolute atomic E-state index is 0.174. The summed E-state index contributed by atoms with van der Waals surface area (Å²) in [5.74, 6) is -0.833. The lowest BCUT2D eigenvalue weighted by Gasteiger charge is -2.35. The third kappa shape index (κ3) is 4.88. The molecular formula is C20H24FN3O3S. The van der Waals surface area contributed by atoms with Crippen molar-refractivity contribution < 1.29 is 18.7 Å². The highest BCUT2D eigenvalue weighted by atomic mass is 32.1. The smallest absolute Gasteiger partial charge is 0.341 e. The van der Waals surface area contributed by atoms with Gasteiger partial charge in [-0.25, -0.2) is 9.18 Å². The molecule has 2 aromatic rings. The largest absolute Gasteiger partial charge is 0.462 e. The minimum atomic E-state index is -0.430. The number of benzene rings is 1. The second-order valence-corrected chi connectivity index (χ2v) is 7.84. The van der Waals surface area contributed by atoms with Crippen molar-refractivity contribution in [3.05, 3.63) is 46.6 Å². The van der Waals surface area contributed by atoms with Crippen molar-refractivity contribution >= 4 is 33.9 Å². The second-order valence-electron chi connectivity index (χ2n) is 6.58. The highest BCUT2D eigenvalue weighted by Gasteiger charge is 2.22. The number of rotatable bonds is 6. The number of nitrogens with one attached hydrogen (secondary N) is 1. The summed E-state index contributed by atoms with van der Waals surface area (Å²) in [7, 11) is 0. The molecule has 150 valence electrons. The topological polar surface area (TPSA) is 61.9 Å². The number of anilines is 2. The number of nitrogens with zero attached hydrogens (tertiary/aromatic N) is 2. The SMILES string of the molecule is CCOC(=O)c1cc(C)sc1NC(=O)CN1CCN(c2ccccc2F)CC1. The number of para-hydroxylation sites is 1. The standard InChI is InChI=1S/C20H24FN3O3S/c1-3-27-20(26)15-12-14(2)28-19(15)22-18(25)13-23-8-10-24(11-9-23)17-7-5-4-6-16(17)21/h4-7,12H,3,8-11,13H2,1-2H3,(H,22,25). The van der Waals surface area contributed by atoms with Crippen LogP contribution in [0, 0.1) is 12.7 Å². The van der Waals surface area contributed by atoms with Crippen LogP contribution in [0.1, 0.15) is 22.2 Å². The van der Waals surface area contributed by atoms with Crippen LogP contribution in [-0.2, 0) is 9.53 Å². The molecule has 1 aliphatic rings. The Morgan fingerprint density at radius 3 is 2.61 bits per heavy atom. The molecule has 1 aliphatic heterocycles. The van der Waals surface area contributed by atoms with Crippen LogP contribution in [0.4, 0.5) is 15.1 Å². The maximum atomic E-state index is 13.9. The molecule has 1 N–H and O–H groups in total. The quantitative estimate of drug-likeness (QED) is 0.749. The maximum absolute atomic E-state index is 13.9. The Hall–Kier alpha value is -2.45. The fourth-order valence-electron chi connectivity index (χ4n) is 3.19. The first-order valence-corrected chi connectivity index (χ1v) is 10.1. The van der Waals surface area contributed by atoms with E-state index >= 15 is 0 Å². The van der Waals surface area contributed by atoms with E-state index in [9.17, 15) is 14.0 Å². The molecule has 1 saturated heterocycles. The summed E-state index contributed by atoms with van der Waals surface area (Å²) in [6, 6.07) is 8.46. The van der Waals surface area contributed by atoms with Gasteiger partial charge in [-0.3, -0.25) is 9.69 Å². The van der Waals surface area contributed by atoms with Gasteiger partial charge < -0.3 is 15.0 Å². The number of ether oxygens (including phenoxy) is 1. The van der Waals surface area contributed by atoms with Gasteiger partial charge >= 0.3 is 5.97 Å². The van der Waals surface area contributed by atoms with Crippen molar-refractivity contribution in [2.45, 2.75) is 13.8 Å². The molecule has 0 aliphatic carbocycles. The fourth-order valence-corrected chi connectivity index (χ4v) is 4.11. The molecule has 0 bridgehead atoms. The molecule has 3 rings (SSSR count). The van der Waals surface area contributed by atoms with Gasteiger partial charge in [0.15, 0.2) is 0 Å². The summed E-state index contributed by atoms with van der Waals surface area (Å²) in [6.07, 6.45) is 0. The number of carbonyl (C=O) groups excluding carboxylic acids is 2. The van der Waals surface area contributed by atoms with Gasteiger partial charge in [-0.2, -0.15) is 0 Å². The van der Waals surface area contributed by atoms with E-state index in [0.717, 1.165) is 4.88 Å². The van der Waals surface area contributed by atoms with Crippen LogP contribution in [0.5, 0.6) is 0 Å². The number of halogens is 1. The molecule has 0 unspecified atom stereocenters. The molecule has 1 fully saturated rings. The molecule has 0 radical (unpaired) electrons. The number of piperazine rings is 1. The van der Waals surface area contributed by atoms with E-state index in [-0.39, 0.29) is 24.9 Å². The van der Waals surface area contributed by atoms with Gasteiger partial charge in [-0.05, 0) is 32.0 Å². The molecule has 2 heterocycles. The number of thiophene rings is 1. The third-order valence-electron chi connectivity index (χ3n) is 4.54. The van der Waals surface area contributed by atoms with Gasteiger partial charge in [0.2, 0.25) is 5.91 Å². The summed E-state index contributed by atoms with van der Waals surface area (Å²) >= 11 is 1.36. The number of aryl methyl sites for hydroxylation is 1. The van der Waals surface area contributed by atoms with E-state index in [4.69, 9.17) is 4.74 Å². The zero-order chi connectivity index (χ0) is 20.1. The average Bonchev–Trinajstić information content (AvgIpc) is 3.03. The number of hydrogen-bond acceptors (Lipinski definition) is 6. The van der Waals surface area contributed by atoms with E-state index in [2.05, 4.69) is 5.32 Å². The van der Waals surface area contributed by atoms with Gasteiger partial charge in [0.05, 0.1) is 24.4 Å². The summed E-state index contributed by atoms with van der Waals surface area (Å²) in [4.78, 5) is 29.4. The van der Waals surface area contributed by atoms with Crippen molar-refractivity contribution in [3.8, 4) is 0 Å². The van der Waals surface area contributed by atoms with Crippen LogP contribution in [0.3, 0.4) is 0 Å². The van der Waals surface area contributed by atoms with Crippen molar-refractivity contribution in [2.75, 3.05) is 49.5 Å². The van der Waals surface area contributed by atoms with Crippen LogP contribution in [0.25, 0.3) is 0 Å². The van der Waals surface area contributed by atoms with Crippen LogP contribution in [0.2, 0.25) is 0 Å². The van der Waals surface area contributed by atoms with Crippen molar-refractivity contribution in [1.82, 2.24) is 4.90 Å². The van der Waals surface area contributed by atoms with Gasteiger partial charge in [0.25, 0.3) is 0 Å². The molecular weight excluding hydrogens is 381 g/mol. The zero-order valence-corrected chi connectivity index (χ0v) is 16.9. The first-order chi connectivity index (χ1) is 13.5. The first kappa shape index (κ1) is 20.3. The lowest BCUT2D eigenvalue weighted by Crippen LogP contribution is -2.48. The minimum Gasteiger partial charge on any atom is -0.462 e. The molecule has 28 heavy (non-hydrogen) atoms. The van der Waals surface area contributed by atoms with E-state index in [1.165, 1.54) is 17.4 Å². The number of amides is 1. The Bertz CT molecular complexity index is 847. The molecule has 8 heteroatoms. The van der Waals surface area contributed by atoms with E-state index in [1.807, 2.05) is 22.8 Å². The average molecular weight is 405 g/mol. The highest BCUT2D eigenvalue weighted by Crippen LogP contribution is 2.28. The molecule has 0 saturated carbocycles. The Kier molecular flexibility index (Phi) is 6.64. The third-order valence-corrected chi connectivity index (χ3v) is 5.50.